The molecule has 0 aliphatic heterocycles. The van der Waals surface area contributed by atoms with Crippen LogP contribution in [0.2, 0.25) is 0 Å². The van der Waals surface area contributed by atoms with Crippen molar-refractivity contribution in [3.05, 3.63) is 35.4 Å². The first-order chi connectivity index (χ1) is 8.20. The molecule has 1 N–H and O–H groups in total. The molecule has 1 heteroatoms. The van der Waals surface area contributed by atoms with Gasteiger partial charge in [0.15, 0.2) is 0 Å². The Morgan fingerprint density at radius 1 is 1.24 bits per heavy atom. The highest BCUT2D eigenvalue weighted by atomic mass is 14.9. The van der Waals surface area contributed by atoms with Crippen molar-refractivity contribution in [1.29, 1.82) is 0 Å². The molecule has 0 spiro atoms. The smallest absolute Gasteiger partial charge is 0.0113 e. The molecule has 2 rings (SSSR count). The van der Waals surface area contributed by atoms with E-state index in [1.807, 2.05) is 0 Å². The third-order valence-electron chi connectivity index (χ3n) is 4.34. The first-order valence-corrected chi connectivity index (χ1v) is 7.03. The number of aryl methyl sites for hydroxylation is 1. The first kappa shape index (κ1) is 12.6. The zero-order valence-electron chi connectivity index (χ0n) is 11.4. The predicted molar refractivity (Wildman–Crippen MR) is 74.3 cm³/mol. The Kier molecular flexibility index (Phi) is 4.22. The minimum absolute atomic E-state index is 0.635. The molecule has 0 radical (unpaired) electrons. The van der Waals surface area contributed by atoms with Crippen molar-refractivity contribution in [3.63, 3.8) is 0 Å². The number of fused-ring (bicyclic) bond motifs is 1. The van der Waals surface area contributed by atoms with Crippen LogP contribution in [0.5, 0.6) is 0 Å². The minimum Gasteiger partial charge on any atom is -0.311 e. The van der Waals surface area contributed by atoms with Gasteiger partial charge in [-0.1, -0.05) is 44.5 Å². The standard InChI is InChI=1S/C16H25N/c1-4-12(2)13(3)17-16-10-9-14-7-5-6-8-15(14)11-16/h5-8,12-13,16-17H,4,9-11H2,1-3H3. The Morgan fingerprint density at radius 2 is 1.94 bits per heavy atom. The van der Waals surface area contributed by atoms with E-state index >= 15 is 0 Å². The van der Waals surface area contributed by atoms with E-state index in [1.165, 1.54) is 25.7 Å². The lowest BCUT2D eigenvalue weighted by molar-refractivity contribution is 0.330. The van der Waals surface area contributed by atoms with Gasteiger partial charge in [-0.25, -0.2) is 0 Å². The Hall–Kier alpha value is -0.820. The van der Waals surface area contributed by atoms with Crippen LogP contribution in [0.3, 0.4) is 0 Å². The fourth-order valence-electron chi connectivity index (χ4n) is 2.73. The van der Waals surface area contributed by atoms with E-state index in [-0.39, 0.29) is 0 Å². The van der Waals surface area contributed by atoms with Crippen LogP contribution >= 0.6 is 0 Å². The van der Waals surface area contributed by atoms with Crippen LogP contribution in [0.4, 0.5) is 0 Å². The van der Waals surface area contributed by atoms with E-state index in [9.17, 15) is 0 Å². The van der Waals surface area contributed by atoms with Gasteiger partial charge in [0.2, 0.25) is 0 Å². The molecule has 1 nitrogen and oxygen atoms in total. The number of hydrogen-bond acceptors (Lipinski definition) is 1. The average Bonchev–Trinajstić information content (AvgIpc) is 2.37. The molecular formula is C16H25N. The summed E-state index contributed by atoms with van der Waals surface area (Å²) in [6.45, 7) is 6.95. The van der Waals surface area contributed by atoms with E-state index in [1.54, 1.807) is 11.1 Å². The molecule has 1 aromatic carbocycles. The summed E-state index contributed by atoms with van der Waals surface area (Å²) in [5.74, 6) is 0.771. The lowest BCUT2D eigenvalue weighted by atomic mass is 9.87. The summed E-state index contributed by atoms with van der Waals surface area (Å²) in [5.41, 5.74) is 3.11. The number of hydrogen-bond donors (Lipinski definition) is 1. The summed E-state index contributed by atoms with van der Waals surface area (Å²) in [7, 11) is 0. The molecule has 0 heterocycles. The van der Waals surface area contributed by atoms with E-state index in [2.05, 4.69) is 50.4 Å². The molecule has 0 aromatic heterocycles. The quantitative estimate of drug-likeness (QED) is 0.835. The summed E-state index contributed by atoms with van der Waals surface area (Å²) >= 11 is 0. The molecule has 3 atom stereocenters. The Bertz CT molecular complexity index is 358. The van der Waals surface area contributed by atoms with Crippen LogP contribution < -0.4 is 5.32 Å². The van der Waals surface area contributed by atoms with E-state index in [4.69, 9.17) is 0 Å². The number of benzene rings is 1. The molecule has 1 aliphatic rings. The molecular weight excluding hydrogens is 206 g/mol. The summed E-state index contributed by atoms with van der Waals surface area (Å²) in [6.07, 6.45) is 4.99. The van der Waals surface area contributed by atoms with Gasteiger partial charge in [0.1, 0.15) is 0 Å². The van der Waals surface area contributed by atoms with Crippen LogP contribution in [-0.2, 0) is 12.8 Å². The SMILES string of the molecule is CCC(C)C(C)NC1CCc2ccccc2C1. The highest BCUT2D eigenvalue weighted by molar-refractivity contribution is 5.30. The van der Waals surface area contributed by atoms with Gasteiger partial charge in [0.25, 0.3) is 0 Å². The molecule has 0 saturated carbocycles. The molecule has 94 valence electrons. The Labute approximate surface area is 106 Å². The molecule has 17 heavy (non-hydrogen) atoms. The maximum absolute atomic E-state index is 3.81. The summed E-state index contributed by atoms with van der Waals surface area (Å²) in [4.78, 5) is 0. The largest absolute Gasteiger partial charge is 0.311 e. The predicted octanol–water partition coefficient (Wildman–Crippen LogP) is 3.57. The second kappa shape index (κ2) is 5.68. The van der Waals surface area contributed by atoms with E-state index in [0.717, 1.165) is 5.92 Å². The molecule has 0 fully saturated rings. The van der Waals surface area contributed by atoms with Crippen molar-refractivity contribution in [2.24, 2.45) is 5.92 Å². The van der Waals surface area contributed by atoms with E-state index in [0.29, 0.717) is 12.1 Å². The third kappa shape index (κ3) is 3.10. The van der Waals surface area contributed by atoms with Crippen molar-refractivity contribution in [1.82, 2.24) is 5.32 Å². The van der Waals surface area contributed by atoms with Crippen LogP contribution in [0, 0.1) is 5.92 Å². The molecule has 1 aliphatic carbocycles. The van der Waals surface area contributed by atoms with E-state index < -0.39 is 0 Å². The van der Waals surface area contributed by atoms with Gasteiger partial charge >= 0.3 is 0 Å². The van der Waals surface area contributed by atoms with Gasteiger partial charge in [-0.2, -0.15) is 0 Å². The maximum Gasteiger partial charge on any atom is 0.0113 e. The molecule has 1 aromatic rings. The zero-order valence-corrected chi connectivity index (χ0v) is 11.4. The fourth-order valence-corrected chi connectivity index (χ4v) is 2.73. The average molecular weight is 231 g/mol. The molecule has 0 saturated heterocycles. The van der Waals surface area contributed by atoms with Gasteiger partial charge in [-0.3, -0.25) is 0 Å². The molecule has 0 amide bonds. The summed E-state index contributed by atoms with van der Waals surface area (Å²) in [5, 5.41) is 3.81. The lowest BCUT2D eigenvalue weighted by Gasteiger charge is -2.30. The summed E-state index contributed by atoms with van der Waals surface area (Å²) < 4.78 is 0. The van der Waals surface area contributed by atoms with Crippen LogP contribution in [0.1, 0.15) is 44.7 Å². The van der Waals surface area contributed by atoms with Crippen molar-refractivity contribution in [3.8, 4) is 0 Å². The molecule has 3 unspecified atom stereocenters. The van der Waals surface area contributed by atoms with Crippen molar-refractivity contribution in [2.75, 3.05) is 0 Å². The van der Waals surface area contributed by atoms with Crippen LogP contribution in [-0.4, -0.2) is 12.1 Å². The van der Waals surface area contributed by atoms with Crippen molar-refractivity contribution < 1.29 is 0 Å². The second-order valence-electron chi connectivity index (χ2n) is 5.55. The summed E-state index contributed by atoms with van der Waals surface area (Å²) in [6, 6.07) is 10.2. The normalized spacial score (nSPS) is 22.9. The monoisotopic (exact) mass is 231 g/mol. The number of rotatable bonds is 4. The Morgan fingerprint density at radius 3 is 2.65 bits per heavy atom. The van der Waals surface area contributed by atoms with Gasteiger partial charge in [0.05, 0.1) is 0 Å². The van der Waals surface area contributed by atoms with Gasteiger partial charge in [-0.15, -0.1) is 0 Å². The highest BCUT2D eigenvalue weighted by Crippen LogP contribution is 2.22. The van der Waals surface area contributed by atoms with Crippen molar-refractivity contribution >= 4 is 0 Å². The highest BCUT2D eigenvalue weighted by Gasteiger charge is 2.20. The molecule has 0 bridgehead atoms. The van der Waals surface area contributed by atoms with Crippen LogP contribution in [0.25, 0.3) is 0 Å². The maximum atomic E-state index is 3.81. The topological polar surface area (TPSA) is 12.0 Å². The minimum atomic E-state index is 0.635. The third-order valence-corrected chi connectivity index (χ3v) is 4.34. The fraction of sp³-hybridized carbons (Fsp3) is 0.625. The lowest BCUT2D eigenvalue weighted by Crippen LogP contribution is -2.43. The van der Waals surface area contributed by atoms with Gasteiger partial charge in [-0.05, 0) is 43.2 Å². The Balaban J connectivity index is 1.94. The zero-order chi connectivity index (χ0) is 12.3. The van der Waals surface area contributed by atoms with Gasteiger partial charge in [0, 0.05) is 12.1 Å². The first-order valence-electron chi connectivity index (χ1n) is 7.03. The second-order valence-corrected chi connectivity index (χ2v) is 5.55. The van der Waals surface area contributed by atoms with Crippen molar-refractivity contribution in [2.45, 2.75) is 58.5 Å². The van der Waals surface area contributed by atoms with Crippen LogP contribution in [0.15, 0.2) is 24.3 Å². The number of nitrogens with one attached hydrogen (secondary N) is 1. The van der Waals surface area contributed by atoms with Gasteiger partial charge < -0.3 is 5.32 Å².